The monoisotopic (exact) mass is 211 g/mol. The lowest BCUT2D eigenvalue weighted by Crippen LogP contribution is -2.36. The molecule has 0 bridgehead atoms. The number of carbonyl (C=O) groups is 1. The van der Waals surface area contributed by atoms with Crippen molar-refractivity contribution >= 4 is 5.91 Å². The summed E-state index contributed by atoms with van der Waals surface area (Å²) in [6.45, 7) is 6.54. The zero-order valence-corrected chi connectivity index (χ0v) is 10.4. The van der Waals surface area contributed by atoms with Crippen LogP contribution in [0.4, 0.5) is 0 Å². The SMILES string of the molecule is CC(C)(C)CCC(=O)NC1CCCCC1. The molecule has 0 saturated heterocycles. The first-order valence-corrected chi connectivity index (χ1v) is 6.27. The topological polar surface area (TPSA) is 29.1 Å². The predicted octanol–water partition coefficient (Wildman–Crippen LogP) is 3.26. The summed E-state index contributed by atoms with van der Waals surface area (Å²) in [5, 5.41) is 3.15. The standard InChI is InChI=1S/C13H25NO/c1-13(2,3)10-9-12(15)14-11-7-5-4-6-8-11/h11H,4-10H2,1-3H3,(H,14,15). The Balaban J connectivity index is 2.17. The van der Waals surface area contributed by atoms with Gasteiger partial charge in [-0.3, -0.25) is 4.79 Å². The van der Waals surface area contributed by atoms with E-state index in [1.807, 2.05) is 0 Å². The van der Waals surface area contributed by atoms with Crippen molar-refractivity contribution in [2.24, 2.45) is 5.41 Å². The van der Waals surface area contributed by atoms with E-state index in [9.17, 15) is 4.79 Å². The molecule has 0 aromatic heterocycles. The average molecular weight is 211 g/mol. The third-order valence-electron chi connectivity index (χ3n) is 3.07. The van der Waals surface area contributed by atoms with Gasteiger partial charge in [0.05, 0.1) is 0 Å². The molecular weight excluding hydrogens is 186 g/mol. The van der Waals surface area contributed by atoms with E-state index in [-0.39, 0.29) is 11.3 Å². The predicted molar refractivity (Wildman–Crippen MR) is 63.7 cm³/mol. The quantitative estimate of drug-likeness (QED) is 0.762. The highest BCUT2D eigenvalue weighted by molar-refractivity contribution is 5.76. The lowest BCUT2D eigenvalue weighted by molar-refractivity contribution is -0.122. The molecule has 88 valence electrons. The molecule has 1 aliphatic rings. The van der Waals surface area contributed by atoms with Crippen LogP contribution in [0.3, 0.4) is 0 Å². The molecule has 1 aliphatic carbocycles. The van der Waals surface area contributed by atoms with Gasteiger partial charge in [0.25, 0.3) is 0 Å². The van der Waals surface area contributed by atoms with Gasteiger partial charge in [0.15, 0.2) is 0 Å². The van der Waals surface area contributed by atoms with Gasteiger partial charge in [0.1, 0.15) is 0 Å². The first kappa shape index (κ1) is 12.5. The van der Waals surface area contributed by atoms with Crippen LogP contribution in [0.15, 0.2) is 0 Å². The highest BCUT2D eigenvalue weighted by atomic mass is 16.1. The molecule has 0 aromatic rings. The number of hydrogen-bond acceptors (Lipinski definition) is 1. The minimum absolute atomic E-state index is 0.247. The van der Waals surface area contributed by atoms with Gasteiger partial charge in [0.2, 0.25) is 5.91 Å². The second-order valence-corrected chi connectivity index (χ2v) is 5.96. The zero-order valence-electron chi connectivity index (χ0n) is 10.4. The second-order valence-electron chi connectivity index (χ2n) is 5.96. The molecule has 0 atom stereocenters. The minimum atomic E-state index is 0.247. The number of amides is 1. The molecule has 1 saturated carbocycles. The van der Waals surface area contributed by atoms with Gasteiger partial charge >= 0.3 is 0 Å². The van der Waals surface area contributed by atoms with E-state index in [0.717, 1.165) is 6.42 Å². The van der Waals surface area contributed by atoms with E-state index < -0.39 is 0 Å². The molecule has 2 nitrogen and oxygen atoms in total. The van der Waals surface area contributed by atoms with Crippen molar-refractivity contribution in [1.82, 2.24) is 5.32 Å². The maximum Gasteiger partial charge on any atom is 0.220 e. The van der Waals surface area contributed by atoms with E-state index in [0.29, 0.717) is 12.5 Å². The summed E-state index contributed by atoms with van der Waals surface area (Å²) in [7, 11) is 0. The van der Waals surface area contributed by atoms with Crippen molar-refractivity contribution in [3.63, 3.8) is 0 Å². The molecule has 15 heavy (non-hydrogen) atoms. The summed E-state index contributed by atoms with van der Waals surface area (Å²) in [4.78, 5) is 11.6. The number of rotatable bonds is 3. The van der Waals surface area contributed by atoms with Gasteiger partial charge < -0.3 is 5.32 Å². The average Bonchev–Trinajstić information content (AvgIpc) is 2.15. The van der Waals surface area contributed by atoms with Gasteiger partial charge in [-0.25, -0.2) is 0 Å². The van der Waals surface area contributed by atoms with Crippen molar-refractivity contribution < 1.29 is 4.79 Å². The Kier molecular flexibility index (Phi) is 4.62. The van der Waals surface area contributed by atoms with Crippen LogP contribution in [0.5, 0.6) is 0 Å². The molecule has 0 spiro atoms. The third kappa shape index (κ3) is 5.81. The van der Waals surface area contributed by atoms with Gasteiger partial charge in [-0.15, -0.1) is 0 Å². The van der Waals surface area contributed by atoms with Crippen LogP contribution in [0, 0.1) is 5.41 Å². The molecule has 0 unspecified atom stereocenters. The zero-order chi connectivity index (χ0) is 11.3. The van der Waals surface area contributed by atoms with Crippen LogP contribution < -0.4 is 5.32 Å². The van der Waals surface area contributed by atoms with Gasteiger partial charge in [-0.2, -0.15) is 0 Å². The van der Waals surface area contributed by atoms with E-state index in [1.165, 1.54) is 32.1 Å². The number of hydrogen-bond donors (Lipinski definition) is 1. The largest absolute Gasteiger partial charge is 0.353 e. The summed E-state index contributed by atoms with van der Waals surface area (Å²) < 4.78 is 0. The lowest BCUT2D eigenvalue weighted by Gasteiger charge is -2.24. The van der Waals surface area contributed by atoms with Crippen molar-refractivity contribution in [2.45, 2.75) is 71.8 Å². The highest BCUT2D eigenvalue weighted by Crippen LogP contribution is 2.21. The molecule has 1 fully saturated rings. The summed E-state index contributed by atoms with van der Waals surface area (Å²) >= 11 is 0. The molecule has 1 amide bonds. The van der Waals surface area contributed by atoms with Crippen LogP contribution in [-0.2, 0) is 4.79 Å². The molecule has 0 aromatic carbocycles. The summed E-state index contributed by atoms with van der Waals surface area (Å²) in [6, 6.07) is 0.464. The van der Waals surface area contributed by atoms with Crippen LogP contribution in [0.2, 0.25) is 0 Å². The van der Waals surface area contributed by atoms with Crippen LogP contribution in [-0.4, -0.2) is 11.9 Å². The Hall–Kier alpha value is -0.530. The van der Waals surface area contributed by atoms with Crippen molar-refractivity contribution in [3.05, 3.63) is 0 Å². The molecule has 2 heteroatoms. The lowest BCUT2D eigenvalue weighted by atomic mass is 9.90. The molecule has 1 N–H and O–H groups in total. The van der Waals surface area contributed by atoms with E-state index in [2.05, 4.69) is 26.1 Å². The Morgan fingerprint density at radius 1 is 1.20 bits per heavy atom. The summed E-state index contributed by atoms with van der Waals surface area (Å²) in [5.74, 6) is 0.247. The van der Waals surface area contributed by atoms with Crippen molar-refractivity contribution in [2.75, 3.05) is 0 Å². The van der Waals surface area contributed by atoms with Gasteiger partial charge in [-0.1, -0.05) is 40.0 Å². The minimum Gasteiger partial charge on any atom is -0.353 e. The van der Waals surface area contributed by atoms with Crippen LogP contribution in [0.25, 0.3) is 0 Å². The van der Waals surface area contributed by atoms with Gasteiger partial charge in [-0.05, 0) is 24.7 Å². The van der Waals surface area contributed by atoms with Crippen molar-refractivity contribution in [3.8, 4) is 0 Å². The van der Waals surface area contributed by atoms with Crippen LogP contribution >= 0.6 is 0 Å². The Bertz CT molecular complexity index is 199. The fourth-order valence-electron chi connectivity index (χ4n) is 2.04. The molecule has 0 heterocycles. The van der Waals surface area contributed by atoms with E-state index >= 15 is 0 Å². The normalized spacial score (nSPS) is 18.9. The third-order valence-corrected chi connectivity index (χ3v) is 3.07. The Morgan fingerprint density at radius 2 is 1.80 bits per heavy atom. The molecule has 1 rings (SSSR count). The summed E-state index contributed by atoms with van der Waals surface area (Å²) in [5.41, 5.74) is 0.268. The maximum atomic E-state index is 11.6. The van der Waals surface area contributed by atoms with E-state index in [4.69, 9.17) is 0 Å². The maximum absolute atomic E-state index is 11.6. The molecule has 0 radical (unpaired) electrons. The fourth-order valence-corrected chi connectivity index (χ4v) is 2.04. The fraction of sp³-hybridized carbons (Fsp3) is 0.923. The van der Waals surface area contributed by atoms with Crippen LogP contribution in [0.1, 0.15) is 65.7 Å². The first-order chi connectivity index (χ1) is 6.97. The second kappa shape index (κ2) is 5.53. The number of nitrogens with one attached hydrogen (secondary N) is 1. The first-order valence-electron chi connectivity index (χ1n) is 6.27. The highest BCUT2D eigenvalue weighted by Gasteiger charge is 2.17. The van der Waals surface area contributed by atoms with Crippen molar-refractivity contribution in [1.29, 1.82) is 0 Å². The number of carbonyl (C=O) groups excluding carboxylic acids is 1. The summed E-state index contributed by atoms with van der Waals surface area (Å²) in [6.07, 6.45) is 7.93. The smallest absolute Gasteiger partial charge is 0.220 e. The Morgan fingerprint density at radius 3 is 2.33 bits per heavy atom. The van der Waals surface area contributed by atoms with Gasteiger partial charge in [0, 0.05) is 12.5 Å². The molecular formula is C13H25NO. The molecule has 0 aliphatic heterocycles. The Labute approximate surface area is 93.8 Å². The van der Waals surface area contributed by atoms with E-state index in [1.54, 1.807) is 0 Å².